The largest absolute Gasteiger partial charge is 0.481 e. The topological polar surface area (TPSA) is 63.6 Å². The molecule has 0 saturated heterocycles. The molecule has 4 nitrogen and oxygen atoms in total. The number of hydrogen-bond donors (Lipinski definition) is 1. The lowest BCUT2D eigenvalue weighted by molar-refractivity contribution is -0.205. The van der Waals surface area contributed by atoms with Gasteiger partial charge in [0.25, 0.3) is 0 Å². The molecule has 4 saturated carbocycles. The van der Waals surface area contributed by atoms with Gasteiger partial charge in [0.05, 0.1) is 6.42 Å². The van der Waals surface area contributed by atoms with Gasteiger partial charge in [0.15, 0.2) is 0 Å². The van der Waals surface area contributed by atoms with Crippen LogP contribution in [0.25, 0.3) is 0 Å². The van der Waals surface area contributed by atoms with Gasteiger partial charge in [0.1, 0.15) is 5.60 Å². The molecule has 0 heterocycles. The van der Waals surface area contributed by atoms with E-state index < -0.39 is 11.9 Å². The fraction of sp³-hybridized carbons (Fsp3) is 0.765. The van der Waals surface area contributed by atoms with E-state index in [0.29, 0.717) is 23.7 Å². The van der Waals surface area contributed by atoms with Crippen molar-refractivity contribution in [3.05, 3.63) is 12.2 Å². The summed E-state index contributed by atoms with van der Waals surface area (Å²) in [5.74, 6) is 0.956. The normalized spacial score (nSPS) is 40.0. The Morgan fingerprint density at radius 2 is 1.86 bits per heavy atom. The highest BCUT2D eigenvalue weighted by Crippen LogP contribution is 2.60. The molecule has 3 atom stereocenters. The van der Waals surface area contributed by atoms with Crippen molar-refractivity contribution in [2.24, 2.45) is 23.7 Å². The number of hydrogen-bond acceptors (Lipinski definition) is 3. The van der Waals surface area contributed by atoms with Crippen molar-refractivity contribution in [3.8, 4) is 0 Å². The van der Waals surface area contributed by atoms with Crippen LogP contribution in [0.5, 0.6) is 0 Å². The van der Waals surface area contributed by atoms with E-state index in [9.17, 15) is 9.59 Å². The van der Waals surface area contributed by atoms with Gasteiger partial charge in [-0.1, -0.05) is 13.5 Å². The van der Waals surface area contributed by atoms with Gasteiger partial charge in [-0.05, 0) is 56.3 Å². The highest BCUT2D eigenvalue weighted by molar-refractivity contribution is 5.93. The molecule has 0 radical (unpaired) electrons. The van der Waals surface area contributed by atoms with E-state index in [0.717, 1.165) is 19.3 Å². The smallest absolute Gasteiger partial charge is 0.334 e. The first kappa shape index (κ1) is 14.6. The number of aliphatic carboxylic acids is 1. The van der Waals surface area contributed by atoms with Gasteiger partial charge < -0.3 is 9.84 Å². The molecule has 4 aliphatic rings. The molecule has 21 heavy (non-hydrogen) atoms. The molecule has 0 spiro atoms. The number of rotatable bonds is 5. The standard InChI is InChI=1S/C17H24O4/c1-3-14-13-6-11-5-12(7-13)9-17(14,8-11)21-16(20)10(2)4-15(18)19/h11-14H,2-9H2,1H3,(H,18,19). The van der Waals surface area contributed by atoms with E-state index in [-0.39, 0.29) is 17.6 Å². The number of ether oxygens (including phenoxy) is 1. The predicted octanol–water partition coefficient (Wildman–Crippen LogP) is 3.17. The van der Waals surface area contributed by atoms with Gasteiger partial charge in [0.2, 0.25) is 0 Å². The van der Waals surface area contributed by atoms with Crippen LogP contribution in [0.3, 0.4) is 0 Å². The monoisotopic (exact) mass is 292 g/mol. The van der Waals surface area contributed by atoms with E-state index in [1.54, 1.807) is 0 Å². The van der Waals surface area contributed by atoms with Crippen LogP contribution in [0, 0.1) is 23.7 Å². The highest BCUT2D eigenvalue weighted by Gasteiger charge is 2.58. The molecule has 0 aromatic carbocycles. The number of carboxylic acid groups (broad SMARTS) is 1. The van der Waals surface area contributed by atoms with Crippen LogP contribution in [-0.4, -0.2) is 22.6 Å². The second-order valence-electron chi connectivity index (χ2n) is 7.25. The fourth-order valence-electron chi connectivity index (χ4n) is 5.45. The Labute approximate surface area is 125 Å². The molecule has 0 aliphatic heterocycles. The molecular formula is C17H24O4. The summed E-state index contributed by atoms with van der Waals surface area (Å²) in [7, 11) is 0. The third-order valence-electron chi connectivity index (χ3n) is 5.84. The van der Waals surface area contributed by atoms with Crippen LogP contribution in [0.15, 0.2) is 12.2 Å². The molecule has 0 aromatic heterocycles. The highest BCUT2D eigenvalue weighted by atomic mass is 16.6. The first-order chi connectivity index (χ1) is 9.93. The minimum Gasteiger partial charge on any atom is -0.481 e. The maximum atomic E-state index is 12.2. The second kappa shape index (κ2) is 5.15. The second-order valence-corrected chi connectivity index (χ2v) is 7.25. The average Bonchev–Trinajstić information content (AvgIpc) is 2.36. The van der Waals surface area contributed by atoms with Crippen molar-refractivity contribution in [1.29, 1.82) is 0 Å². The Morgan fingerprint density at radius 1 is 1.24 bits per heavy atom. The van der Waals surface area contributed by atoms with E-state index in [4.69, 9.17) is 9.84 Å². The minimum atomic E-state index is -1.03. The summed E-state index contributed by atoms with van der Waals surface area (Å²) in [5.41, 5.74) is -0.282. The molecule has 0 aromatic rings. The van der Waals surface area contributed by atoms with Crippen LogP contribution in [0.2, 0.25) is 0 Å². The molecular weight excluding hydrogens is 268 g/mol. The van der Waals surface area contributed by atoms with Gasteiger partial charge in [-0.15, -0.1) is 0 Å². The zero-order valence-electron chi connectivity index (χ0n) is 12.6. The lowest BCUT2D eigenvalue weighted by Gasteiger charge is -2.60. The molecule has 4 bridgehead atoms. The number of carbonyl (C=O) groups is 2. The molecule has 4 aliphatic carbocycles. The van der Waals surface area contributed by atoms with Crippen molar-refractivity contribution < 1.29 is 19.4 Å². The van der Waals surface area contributed by atoms with Crippen molar-refractivity contribution in [3.63, 3.8) is 0 Å². The maximum absolute atomic E-state index is 12.2. The zero-order valence-corrected chi connectivity index (χ0v) is 12.6. The third-order valence-corrected chi connectivity index (χ3v) is 5.84. The predicted molar refractivity (Wildman–Crippen MR) is 77.6 cm³/mol. The van der Waals surface area contributed by atoms with Gasteiger partial charge in [0, 0.05) is 11.5 Å². The Bertz CT molecular complexity index is 467. The zero-order chi connectivity index (χ0) is 15.2. The van der Waals surface area contributed by atoms with Gasteiger partial charge >= 0.3 is 11.9 Å². The van der Waals surface area contributed by atoms with E-state index in [1.807, 2.05) is 0 Å². The first-order valence-corrected chi connectivity index (χ1v) is 8.06. The van der Waals surface area contributed by atoms with E-state index >= 15 is 0 Å². The summed E-state index contributed by atoms with van der Waals surface area (Å²) in [6, 6.07) is 0. The Kier molecular flexibility index (Phi) is 3.58. The molecule has 4 rings (SSSR count). The lowest BCUT2D eigenvalue weighted by Crippen LogP contribution is -2.59. The molecule has 4 fully saturated rings. The SMILES string of the molecule is C=C(CC(=O)O)C(=O)OC12CC3CC(CC(C3)C1CC)C2. The number of carboxylic acids is 1. The molecule has 0 amide bonds. The van der Waals surface area contributed by atoms with Crippen LogP contribution in [-0.2, 0) is 14.3 Å². The molecule has 4 heteroatoms. The quantitative estimate of drug-likeness (QED) is 0.624. The summed E-state index contributed by atoms with van der Waals surface area (Å²) in [6.45, 7) is 5.76. The molecule has 3 unspecified atom stereocenters. The van der Waals surface area contributed by atoms with Crippen LogP contribution < -0.4 is 0 Å². The maximum Gasteiger partial charge on any atom is 0.334 e. The number of carbonyl (C=O) groups excluding carboxylic acids is 1. The van der Waals surface area contributed by atoms with Crippen LogP contribution >= 0.6 is 0 Å². The van der Waals surface area contributed by atoms with Crippen LogP contribution in [0.1, 0.15) is 51.9 Å². The van der Waals surface area contributed by atoms with Crippen molar-refractivity contribution in [2.45, 2.75) is 57.5 Å². The van der Waals surface area contributed by atoms with Gasteiger partial charge in [-0.25, -0.2) is 4.79 Å². The first-order valence-electron chi connectivity index (χ1n) is 8.06. The molecule has 1 N–H and O–H groups in total. The third kappa shape index (κ3) is 2.49. The Balaban J connectivity index is 1.77. The minimum absolute atomic E-state index is 0.0631. The summed E-state index contributed by atoms with van der Waals surface area (Å²) in [4.78, 5) is 23.0. The summed E-state index contributed by atoms with van der Waals surface area (Å²) < 4.78 is 5.92. The van der Waals surface area contributed by atoms with Crippen molar-refractivity contribution >= 4 is 11.9 Å². The van der Waals surface area contributed by atoms with Crippen molar-refractivity contribution in [1.82, 2.24) is 0 Å². The Hall–Kier alpha value is -1.32. The van der Waals surface area contributed by atoms with E-state index in [1.165, 1.54) is 19.3 Å². The lowest BCUT2D eigenvalue weighted by atomic mass is 9.49. The Morgan fingerprint density at radius 3 is 2.38 bits per heavy atom. The molecule has 116 valence electrons. The van der Waals surface area contributed by atoms with Crippen LogP contribution in [0.4, 0.5) is 0 Å². The van der Waals surface area contributed by atoms with Gasteiger partial charge in [-0.3, -0.25) is 4.79 Å². The summed E-state index contributed by atoms with van der Waals surface area (Å²) >= 11 is 0. The summed E-state index contributed by atoms with van der Waals surface area (Å²) in [6.07, 6.45) is 6.47. The van der Waals surface area contributed by atoms with Crippen molar-refractivity contribution in [2.75, 3.05) is 0 Å². The fourth-order valence-corrected chi connectivity index (χ4v) is 5.45. The summed E-state index contributed by atoms with van der Waals surface area (Å²) in [5, 5.41) is 8.79. The van der Waals surface area contributed by atoms with Gasteiger partial charge in [-0.2, -0.15) is 0 Å². The average molecular weight is 292 g/mol. The van der Waals surface area contributed by atoms with E-state index in [2.05, 4.69) is 13.5 Å². The number of esters is 1.